The number of hydrazone groups is 1. The van der Waals surface area contributed by atoms with Crippen LogP contribution in [0.4, 0.5) is 0 Å². The molecule has 0 radical (unpaired) electrons. The third kappa shape index (κ3) is 6.14. The van der Waals surface area contributed by atoms with Crippen LogP contribution in [0.3, 0.4) is 0 Å². The minimum absolute atomic E-state index is 0.0932. The second-order valence-electron chi connectivity index (χ2n) is 4.32. The summed E-state index contributed by atoms with van der Waals surface area (Å²) < 4.78 is 1.01. The Bertz CT molecular complexity index is 599. The third-order valence-electron chi connectivity index (χ3n) is 2.62. The first-order chi connectivity index (χ1) is 10.2. The minimum Gasteiger partial charge on any atom is -0.272 e. The maximum Gasteiger partial charge on any atom is 0.250 e. The number of carbonyl (C=O) groups excluding carboxylic acids is 1. The molecule has 0 atom stereocenters. The first kappa shape index (κ1) is 15.8. The van der Waals surface area contributed by atoms with Crippen LogP contribution in [0.15, 0.2) is 64.2 Å². The Morgan fingerprint density at radius 2 is 1.86 bits per heavy atom. The summed E-state index contributed by atoms with van der Waals surface area (Å²) in [5, 5.41) is 3.94. The number of nitrogens with zero attached hydrogens (tertiary/aromatic N) is 1. The summed E-state index contributed by atoms with van der Waals surface area (Å²) in [5.41, 5.74) is 4.69. The predicted octanol–water partition coefficient (Wildman–Crippen LogP) is 3.83. The second-order valence-corrected chi connectivity index (χ2v) is 6.22. The zero-order chi connectivity index (χ0) is 14.9. The van der Waals surface area contributed by atoms with Crippen molar-refractivity contribution < 1.29 is 4.79 Å². The summed E-state index contributed by atoms with van der Waals surface area (Å²) in [6.45, 7) is 0. The van der Waals surface area contributed by atoms with Crippen LogP contribution in [-0.2, 0) is 10.5 Å². The van der Waals surface area contributed by atoms with Gasteiger partial charge < -0.3 is 0 Å². The molecule has 0 aliphatic heterocycles. The zero-order valence-electron chi connectivity index (χ0n) is 11.3. The smallest absolute Gasteiger partial charge is 0.250 e. The van der Waals surface area contributed by atoms with Crippen molar-refractivity contribution in [2.75, 3.05) is 5.75 Å². The van der Waals surface area contributed by atoms with E-state index in [4.69, 9.17) is 0 Å². The first-order valence-corrected chi connectivity index (χ1v) is 8.38. The van der Waals surface area contributed by atoms with E-state index in [1.54, 1.807) is 18.0 Å². The highest BCUT2D eigenvalue weighted by Crippen LogP contribution is 2.11. The Labute approximate surface area is 137 Å². The van der Waals surface area contributed by atoms with Gasteiger partial charge in [0.2, 0.25) is 5.91 Å². The molecule has 0 aliphatic rings. The zero-order valence-corrected chi connectivity index (χ0v) is 13.7. The quantitative estimate of drug-likeness (QED) is 0.626. The van der Waals surface area contributed by atoms with Crippen LogP contribution in [0.1, 0.15) is 11.1 Å². The van der Waals surface area contributed by atoms with Crippen LogP contribution < -0.4 is 5.43 Å². The lowest BCUT2D eigenvalue weighted by molar-refractivity contribution is -0.118. The van der Waals surface area contributed by atoms with Crippen LogP contribution in [0, 0.1) is 0 Å². The average molecular weight is 363 g/mol. The number of thioether (sulfide) groups is 1. The van der Waals surface area contributed by atoms with Crippen molar-refractivity contribution in [3.05, 3.63) is 70.2 Å². The van der Waals surface area contributed by atoms with Gasteiger partial charge in [-0.1, -0.05) is 58.4 Å². The van der Waals surface area contributed by atoms with Gasteiger partial charge in [0.05, 0.1) is 12.0 Å². The largest absolute Gasteiger partial charge is 0.272 e. The van der Waals surface area contributed by atoms with E-state index >= 15 is 0 Å². The molecule has 2 rings (SSSR count). The molecular formula is C16H15BrN2OS. The number of benzene rings is 2. The fourth-order valence-electron chi connectivity index (χ4n) is 1.60. The molecule has 1 amide bonds. The van der Waals surface area contributed by atoms with E-state index in [1.165, 1.54) is 5.56 Å². The van der Waals surface area contributed by atoms with Gasteiger partial charge in [-0.25, -0.2) is 5.43 Å². The number of hydrogen-bond donors (Lipinski definition) is 1. The van der Waals surface area contributed by atoms with Gasteiger partial charge in [-0.2, -0.15) is 5.10 Å². The number of rotatable bonds is 6. The average Bonchev–Trinajstić information content (AvgIpc) is 2.50. The molecule has 0 fully saturated rings. The lowest BCUT2D eigenvalue weighted by Crippen LogP contribution is -2.19. The molecule has 1 N–H and O–H groups in total. The van der Waals surface area contributed by atoms with Gasteiger partial charge in [-0.3, -0.25) is 4.79 Å². The summed E-state index contributed by atoms with van der Waals surface area (Å²) in [5.74, 6) is 1.13. The standard InChI is InChI=1S/C16H15BrN2OS/c17-15-8-6-13(7-9-15)10-18-19-16(20)12-21-11-14-4-2-1-3-5-14/h1-10H,11-12H2,(H,19,20)/b18-10-. The lowest BCUT2D eigenvalue weighted by Gasteiger charge is -2.01. The van der Waals surface area contributed by atoms with Gasteiger partial charge in [-0.05, 0) is 23.3 Å². The van der Waals surface area contributed by atoms with E-state index in [2.05, 4.69) is 38.6 Å². The van der Waals surface area contributed by atoms with Gasteiger partial charge in [0.15, 0.2) is 0 Å². The van der Waals surface area contributed by atoms with Gasteiger partial charge in [0.1, 0.15) is 0 Å². The van der Waals surface area contributed by atoms with Crippen LogP contribution in [0.2, 0.25) is 0 Å². The summed E-state index contributed by atoms with van der Waals surface area (Å²) in [7, 11) is 0. The SMILES string of the molecule is O=C(CSCc1ccccc1)N/N=C\c1ccc(Br)cc1. The van der Waals surface area contributed by atoms with Crippen molar-refractivity contribution >= 4 is 39.8 Å². The van der Waals surface area contributed by atoms with Crippen molar-refractivity contribution in [1.29, 1.82) is 0 Å². The summed E-state index contributed by atoms with van der Waals surface area (Å²) in [6.07, 6.45) is 1.63. The monoisotopic (exact) mass is 362 g/mol. The van der Waals surface area contributed by atoms with Gasteiger partial charge in [0.25, 0.3) is 0 Å². The molecule has 21 heavy (non-hydrogen) atoms. The van der Waals surface area contributed by atoms with Crippen molar-refractivity contribution in [3.8, 4) is 0 Å². The van der Waals surface area contributed by atoms with Gasteiger partial charge in [0, 0.05) is 10.2 Å². The van der Waals surface area contributed by atoms with E-state index < -0.39 is 0 Å². The minimum atomic E-state index is -0.0932. The number of amides is 1. The highest BCUT2D eigenvalue weighted by Gasteiger charge is 2.00. The molecule has 0 aromatic heterocycles. The maximum absolute atomic E-state index is 11.6. The van der Waals surface area contributed by atoms with E-state index in [0.717, 1.165) is 15.8 Å². The van der Waals surface area contributed by atoms with E-state index in [-0.39, 0.29) is 5.91 Å². The third-order valence-corrected chi connectivity index (χ3v) is 4.15. The van der Waals surface area contributed by atoms with E-state index in [0.29, 0.717) is 5.75 Å². The Balaban J connectivity index is 1.69. The molecule has 3 nitrogen and oxygen atoms in total. The molecule has 0 heterocycles. The van der Waals surface area contributed by atoms with Crippen LogP contribution in [0.25, 0.3) is 0 Å². The number of carbonyl (C=O) groups is 1. The van der Waals surface area contributed by atoms with Gasteiger partial charge >= 0.3 is 0 Å². The van der Waals surface area contributed by atoms with Crippen molar-refractivity contribution in [2.24, 2.45) is 5.10 Å². The fraction of sp³-hybridized carbons (Fsp3) is 0.125. The predicted molar refractivity (Wildman–Crippen MR) is 92.5 cm³/mol. The van der Waals surface area contributed by atoms with Gasteiger partial charge in [-0.15, -0.1) is 11.8 Å². The highest BCUT2D eigenvalue weighted by molar-refractivity contribution is 9.10. The fourth-order valence-corrected chi connectivity index (χ4v) is 2.64. The molecule has 0 saturated heterocycles. The summed E-state index contributed by atoms with van der Waals surface area (Å²) in [6, 6.07) is 17.8. The Morgan fingerprint density at radius 3 is 2.57 bits per heavy atom. The molecule has 0 aliphatic carbocycles. The summed E-state index contributed by atoms with van der Waals surface area (Å²) in [4.78, 5) is 11.6. The van der Waals surface area contributed by atoms with Crippen molar-refractivity contribution in [2.45, 2.75) is 5.75 Å². The normalized spacial score (nSPS) is 10.7. The summed E-state index contributed by atoms with van der Waals surface area (Å²) >= 11 is 4.94. The Kier molecular flexibility index (Phi) is 6.50. The molecule has 108 valence electrons. The van der Waals surface area contributed by atoms with Crippen LogP contribution >= 0.6 is 27.7 Å². The highest BCUT2D eigenvalue weighted by atomic mass is 79.9. The molecule has 0 bridgehead atoms. The molecule has 5 heteroatoms. The molecule has 2 aromatic rings. The topological polar surface area (TPSA) is 41.5 Å². The van der Waals surface area contributed by atoms with Crippen LogP contribution in [0.5, 0.6) is 0 Å². The molecule has 0 unspecified atom stereocenters. The number of hydrogen-bond acceptors (Lipinski definition) is 3. The Hall–Kier alpha value is -1.59. The molecule has 0 saturated carbocycles. The second kappa shape index (κ2) is 8.64. The maximum atomic E-state index is 11.6. The van der Waals surface area contributed by atoms with E-state index in [1.807, 2.05) is 42.5 Å². The number of nitrogens with one attached hydrogen (secondary N) is 1. The van der Waals surface area contributed by atoms with E-state index in [9.17, 15) is 4.79 Å². The molecule has 0 spiro atoms. The Morgan fingerprint density at radius 1 is 1.14 bits per heavy atom. The number of halogens is 1. The molecular weight excluding hydrogens is 348 g/mol. The van der Waals surface area contributed by atoms with Crippen molar-refractivity contribution in [3.63, 3.8) is 0 Å². The lowest BCUT2D eigenvalue weighted by atomic mass is 10.2. The molecule has 2 aromatic carbocycles. The van der Waals surface area contributed by atoms with Crippen LogP contribution in [-0.4, -0.2) is 17.9 Å². The first-order valence-electron chi connectivity index (χ1n) is 6.43. The van der Waals surface area contributed by atoms with Crippen molar-refractivity contribution in [1.82, 2.24) is 5.43 Å².